The maximum Gasteiger partial charge on any atom is 0.00103 e. The molecule has 2 atom stereocenters. The van der Waals surface area contributed by atoms with Gasteiger partial charge in [0.05, 0.1) is 0 Å². The van der Waals surface area contributed by atoms with Crippen molar-refractivity contribution >= 4 is 0 Å². The Hall–Kier alpha value is -0.0800. The van der Waals surface area contributed by atoms with E-state index in [0.29, 0.717) is 22.3 Å². The van der Waals surface area contributed by atoms with Crippen LogP contribution >= 0.6 is 0 Å². The first-order valence-corrected chi connectivity index (χ1v) is 9.26. The first kappa shape index (κ1) is 15.8. The maximum absolute atomic E-state index is 3.81. The van der Waals surface area contributed by atoms with Crippen LogP contribution < -0.4 is 10.6 Å². The Bertz CT molecular complexity index is 358. The molecule has 2 heteroatoms. The molecule has 0 heterocycles. The van der Waals surface area contributed by atoms with Crippen LogP contribution in [0.2, 0.25) is 0 Å². The molecule has 2 unspecified atom stereocenters. The molecule has 2 nitrogen and oxygen atoms in total. The van der Waals surface area contributed by atoms with Gasteiger partial charge in [-0.05, 0) is 80.2 Å². The van der Waals surface area contributed by atoms with Gasteiger partial charge in [0.2, 0.25) is 0 Å². The Morgan fingerprint density at radius 2 is 1.62 bits per heavy atom. The predicted molar refractivity (Wildman–Crippen MR) is 90.5 cm³/mol. The molecule has 0 spiro atoms. The fraction of sp³-hybridized carbons (Fsp3) is 1.00. The molecule has 4 saturated carbocycles. The molecule has 122 valence electrons. The molecule has 2 N–H and O–H groups in total. The summed E-state index contributed by atoms with van der Waals surface area (Å²) in [4.78, 5) is 0. The molecule has 21 heavy (non-hydrogen) atoms. The first-order chi connectivity index (χ1) is 9.82. The van der Waals surface area contributed by atoms with Gasteiger partial charge in [0.25, 0.3) is 0 Å². The van der Waals surface area contributed by atoms with Crippen LogP contribution in [-0.2, 0) is 0 Å². The zero-order chi connectivity index (χ0) is 15.1. The molecule has 4 bridgehead atoms. The van der Waals surface area contributed by atoms with E-state index in [9.17, 15) is 0 Å². The van der Waals surface area contributed by atoms with Crippen LogP contribution in [0, 0.1) is 22.2 Å². The summed E-state index contributed by atoms with van der Waals surface area (Å²) in [5.41, 5.74) is 1.96. The Kier molecular flexibility index (Phi) is 4.16. The van der Waals surface area contributed by atoms with E-state index < -0.39 is 0 Å². The van der Waals surface area contributed by atoms with Crippen LogP contribution in [-0.4, -0.2) is 25.7 Å². The highest BCUT2D eigenvalue weighted by Gasteiger charge is 2.59. The molecular weight excluding hydrogens is 256 g/mol. The van der Waals surface area contributed by atoms with E-state index in [1.54, 1.807) is 0 Å². The first-order valence-electron chi connectivity index (χ1n) is 9.26. The highest BCUT2D eigenvalue weighted by molar-refractivity contribution is 5.10. The monoisotopic (exact) mass is 292 g/mol. The highest BCUT2D eigenvalue weighted by atomic mass is 14.9. The van der Waals surface area contributed by atoms with Gasteiger partial charge in [0.15, 0.2) is 0 Å². The fourth-order valence-electron chi connectivity index (χ4n) is 6.84. The lowest BCUT2D eigenvalue weighted by Gasteiger charge is -2.65. The molecule has 0 saturated heterocycles. The molecule has 0 amide bonds. The lowest BCUT2D eigenvalue weighted by atomic mass is 9.40. The van der Waals surface area contributed by atoms with Crippen LogP contribution in [0.5, 0.6) is 0 Å². The van der Waals surface area contributed by atoms with E-state index in [0.717, 1.165) is 12.5 Å². The molecule has 4 aliphatic rings. The molecule has 0 aromatic carbocycles. The molecule has 4 fully saturated rings. The smallest absolute Gasteiger partial charge is 0.00103 e. The summed E-state index contributed by atoms with van der Waals surface area (Å²) in [5.74, 6) is 1.03. The average Bonchev–Trinajstić information content (AvgIpc) is 2.28. The van der Waals surface area contributed by atoms with Gasteiger partial charge >= 0.3 is 0 Å². The van der Waals surface area contributed by atoms with Crippen LogP contribution in [0.15, 0.2) is 0 Å². The van der Waals surface area contributed by atoms with Crippen molar-refractivity contribution in [2.45, 2.75) is 78.7 Å². The van der Waals surface area contributed by atoms with Gasteiger partial charge in [-0.3, -0.25) is 0 Å². The summed E-state index contributed by atoms with van der Waals surface area (Å²) < 4.78 is 0. The molecule has 0 aromatic heterocycles. The topological polar surface area (TPSA) is 24.1 Å². The Morgan fingerprint density at radius 1 is 0.952 bits per heavy atom. The Morgan fingerprint density at radius 3 is 2.19 bits per heavy atom. The lowest BCUT2D eigenvalue weighted by molar-refractivity contribution is -0.143. The van der Waals surface area contributed by atoms with Crippen molar-refractivity contribution in [3.05, 3.63) is 0 Å². The van der Waals surface area contributed by atoms with Crippen molar-refractivity contribution in [2.75, 3.05) is 19.6 Å². The van der Waals surface area contributed by atoms with E-state index >= 15 is 0 Å². The normalized spacial score (nSPS) is 44.7. The third-order valence-corrected chi connectivity index (χ3v) is 6.32. The summed E-state index contributed by atoms with van der Waals surface area (Å²) in [5, 5.41) is 7.32. The van der Waals surface area contributed by atoms with Gasteiger partial charge in [-0.1, -0.05) is 27.7 Å². The van der Waals surface area contributed by atoms with Crippen LogP contribution in [0.25, 0.3) is 0 Å². The van der Waals surface area contributed by atoms with Gasteiger partial charge in [-0.25, -0.2) is 0 Å². The van der Waals surface area contributed by atoms with Crippen LogP contribution in [0.3, 0.4) is 0 Å². The average molecular weight is 293 g/mol. The Balaban J connectivity index is 1.49. The SMILES string of the molecule is CC(C)NCCCNCC12CC3CC(C)(CC(C)(C3)C1)C2. The quantitative estimate of drug-likeness (QED) is 0.694. The van der Waals surface area contributed by atoms with Gasteiger partial charge in [0.1, 0.15) is 0 Å². The third-order valence-electron chi connectivity index (χ3n) is 6.32. The maximum atomic E-state index is 3.81. The van der Waals surface area contributed by atoms with Crippen LogP contribution in [0.1, 0.15) is 72.6 Å². The molecule has 4 aliphatic carbocycles. The van der Waals surface area contributed by atoms with E-state index in [1.165, 1.54) is 58.0 Å². The molecular formula is C19H36N2. The molecule has 0 aromatic rings. The fourth-order valence-corrected chi connectivity index (χ4v) is 6.84. The van der Waals surface area contributed by atoms with Crippen molar-refractivity contribution in [1.82, 2.24) is 10.6 Å². The number of hydrogen-bond donors (Lipinski definition) is 2. The van der Waals surface area contributed by atoms with Crippen molar-refractivity contribution in [1.29, 1.82) is 0 Å². The molecule has 0 radical (unpaired) electrons. The van der Waals surface area contributed by atoms with Crippen molar-refractivity contribution < 1.29 is 0 Å². The third kappa shape index (κ3) is 3.47. The van der Waals surface area contributed by atoms with Gasteiger partial charge < -0.3 is 10.6 Å². The molecule has 4 rings (SSSR count). The zero-order valence-corrected chi connectivity index (χ0v) is 14.7. The van der Waals surface area contributed by atoms with Gasteiger partial charge in [-0.15, -0.1) is 0 Å². The summed E-state index contributed by atoms with van der Waals surface area (Å²) in [6, 6.07) is 0.619. The van der Waals surface area contributed by atoms with E-state index in [1.807, 2.05) is 0 Å². The van der Waals surface area contributed by atoms with Crippen molar-refractivity contribution in [3.8, 4) is 0 Å². The van der Waals surface area contributed by atoms with E-state index in [4.69, 9.17) is 0 Å². The minimum absolute atomic E-state index is 0.619. The second kappa shape index (κ2) is 5.53. The molecule has 0 aliphatic heterocycles. The largest absolute Gasteiger partial charge is 0.316 e. The second-order valence-electron chi connectivity index (χ2n) is 9.77. The number of hydrogen-bond acceptors (Lipinski definition) is 2. The minimum atomic E-state index is 0.619. The Labute approximate surface area is 131 Å². The zero-order valence-electron chi connectivity index (χ0n) is 14.7. The summed E-state index contributed by atoms with van der Waals surface area (Å²) in [6.07, 6.45) is 10.3. The van der Waals surface area contributed by atoms with Crippen LogP contribution in [0.4, 0.5) is 0 Å². The van der Waals surface area contributed by atoms with E-state index in [-0.39, 0.29) is 0 Å². The standard InChI is InChI=1S/C19H36N2/c1-15(2)21-7-5-6-20-14-19-10-16-8-17(3,12-19)11-18(4,9-16)13-19/h15-16,20-21H,5-14H2,1-4H3. The van der Waals surface area contributed by atoms with Crippen molar-refractivity contribution in [2.24, 2.45) is 22.2 Å². The van der Waals surface area contributed by atoms with Gasteiger partial charge in [0, 0.05) is 12.6 Å². The summed E-state index contributed by atoms with van der Waals surface area (Å²) in [6.45, 7) is 13.2. The lowest BCUT2D eigenvalue weighted by Crippen LogP contribution is -2.57. The van der Waals surface area contributed by atoms with Crippen molar-refractivity contribution in [3.63, 3.8) is 0 Å². The minimum Gasteiger partial charge on any atom is -0.316 e. The number of rotatable bonds is 7. The predicted octanol–water partition coefficient (Wildman–Crippen LogP) is 3.96. The summed E-state index contributed by atoms with van der Waals surface area (Å²) in [7, 11) is 0. The second-order valence-corrected chi connectivity index (χ2v) is 9.77. The van der Waals surface area contributed by atoms with E-state index in [2.05, 4.69) is 38.3 Å². The van der Waals surface area contributed by atoms with Gasteiger partial charge in [-0.2, -0.15) is 0 Å². The highest BCUT2D eigenvalue weighted by Crippen LogP contribution is 2.69. The summed E-state index contributed by atoms with van der Waals surface area (Å²) >= 11 is 0. The number of nitrogens with one attached hydrogen (secondary N) is 2.